The maximum absolute atomic E-state index is 12.5. The van der Waals surface area contributed by atoms with Gasteiger partial charge >= 0.3 is 6.09 Å². The Hall–Kier alpha value is -3.37. The van der Waals surface area contributed by atoms with Crippen molar-refractivity contribution in [1.29, 1.82) is 0 Å². The zero-order valence-corrected chi connectivity index (χ0v) is 23.9. The summed E-state index contributed by atoms with van der Waals surface area (Å²) in [6.07, 6.45) is 5.44. The summed E-state index contributed by atoms with van der Waals surface area (Å²) in [5.41, 5.74) is 0.187. The maximum Gasteiger partial charge on any atom is 0.410 e. The fourth-order valence-corrected chi connectivity index (χ4v) is 4.48. The first-order valence-electron chi connectivity index (χ1n) is 13.4. The molecule has 39 heavy (non-hydrogen) atoms. The van der Waals surface area contributed by atoms with Crippen molar-refractivity contribution in [3.8, 4) is 11.5 Å². The van der Waals surface area contributed by atoms with Crippen LogP contribution in [0.3, 0.4) is 0 Å². The highest BCUT2D eigenvalue weighted by atomic mass is 28.1. The number of ether oxygens (including phenoxy) is 3. The van der Waals surface area contributed by atoms with Gasteiger partial charge in [0.25, 0.3) is 0 Å². The average molecular weight is 551 g/mol. The Labute approximate surface area is 232 Å². The number of unbranched alkanes of at least 4 members (excludes halogenated alkanes) is 2. The predicted molar refractivity (Wildman–Crippen MR) is 150 cm³/mol. The van der Waals surface area contributed by atoms with Crippen LogP contribution in [0.5, 0.6) is 11.5 Å². The van der Waals surface area contributed by atoms with Crippen LogP contribution in [0.15, 0.2) is 52.0 Å². The van der Waals surface area contributed by atoms with Crippen LogP contribution in [0, 0.1) is 0 Å². The smallest absolute Gasteiger partial charge is 0.410 e. The zero-order chi connectivity index (χ0) is 27.8. The highest BCUT2D eigenvalue weighted by Gasteiger charge is 2.26. The lowest BCUT2D eigenvalue weighted by molar-refractivity contribution is 0.0134. The molecule has 2 aromatic heterocycles. The van der Waals surface area contributed by atoms with Gasteiger partial charge < -0.3 is 23.5 Å². The van der Waals surface area contributed by atoms with Crippen molar-refractivity contribution in [2.24, 2.45) is 0 Å². The minimum absolute atomic E-state index is 0.192. The second-order valence-corrected chi connectivity index (χ2v) is 11.2. The number of piperazine rings is 1. The molecule has 1 amide bonds. The summed E-state index contributed by atoms with van der Waals surface area (Å²) in [6.45, 7) is 9.61. The number of aromatic nitrogens is 1. The molecule has 0 saturated carbocycles. The van der Waals surface area contributed by atoms with E-state index < -0.39 is 5.60 Å². The van der Waals surface area contributed by atoms with E-state index in [4.69, 9.17) is 18.6 Å². The van der Waals surface area contributed by atoms with Crippen LogP contribution in [0.4, 0.5) is 4.79 Å². The standard InChI is InChI=1S/C29H36N3O6Si/c1-29(2,3)38-28(34)32-13-11-31(12-14-32)19-21-17-25(33)27(20-37-21)36-16-6-4-5-15-35-26-9-10-30-24-18-22(39)7-8-23(24)26/h7-10,17-18,20H,4-6,11-16,19H2,1-3H3. The topological polar surface area (TPSA) is 94.3 Å². The van der Waals surface area contributed by atoms with Crippen molar-refractivity contribution >= 4 is 32.4 Å². The molecule has 1 fully saturated rings. The average Bonchev–Trinajstić information content (AvgIpc) is 2.88. The third kappa shape index (κ3) is 8.56. The van der Waals surface area contributed by atoms with Crippen molar-refractivity contribution < 1.29 is 23.4 Å². The fourth-order valence-electron chi connectivity index (χ4n) is 4.26. The molecule has 1 saturated heterocycles. The minimum Gasteiger partial charge on any atom is -0.493 e. The minimum atomic E-state index is -0.510. The Balaban J connectivity index is 1.13. The third-order valence-electron chi connectivity index (χ3n) is 6.26. The van der Waals surface area contributed by atoms with E-state index in [1.807, 2.05) is 45.0 Å². The van der Waals surface area contributed by atoms with Gasteiger partial charge in [0.15, 0.2) is 0 Å². The molecular formula is C29H36N3O6Si. The summed E-state index contributed by atoms with van der Waals surface area (Å²) < 4.78 is 22.7. The van der Waals surface area contributed by atoms with Gasteiger partial charge in [-0.2, -0.15) is 0 Å². The molecule has 10 heteroatoms. The lowest BCUT2D eigenvalue weighted by atomic mass is 10.2. The normalized spacial score (nSPS) is 14.4. The Morgan fingerprint density at radius 1 is 1.00 bits per heavy atom. The number of nitrogens with zero attached hydrogens (tertiary/aromatic N) is 3. The molecule has 1 aromatic carbocycles. The van der Waals surface area contributed by atoms with E-state index in [0.717, 1.165) is 41.1 Å². The highest BCUT2D eigenvalue weighted by molar-refractivity contribution is 6.33. The number of pyridine rings is 1. The molecule has 0 spiro atoms. The molecule has 4 rings (SSSR count). The van der Waals surface area contributed by atoms with Crippen molar-refractivity contribution in [2.45, 2.75) is 52.2 Å². The van der Waals surface area contributed by atoms with Crippen LogP contribution in [-0.4, -0.2) is 76.1 Å². The van der Waals surface area contributed by atoms with E-state index in [2.05, 4.69) is 20.1 Å². The lowest BCUT2D eigenvalue weighted by Gasteiger charge is -2.35. The summed E-state index contributed by atoms with van der Waals surface area (Å²) in [5.74, 6) is 1.62. The third-order valence-corrected chi connectivity index (χ3v) is 6.57. The van der Waals surface area contributed by atoms with Crippen LogP contribution in [0.1, 0.15) is 45.8 Å². The number of hydrogen-bond acceptors (Lipinski definition) is 8. The summed E-state index contributed by atoms with van der Waals surface area (Å²) in [5, 5.41) is 1.96. The molecule has 0 unspecified atom stereocenters. The molecule has 1 aliphatic rings. The van der Waals surface area contributed by atoms with E-state index in [-0.39, 0.29) is 17.3 Å². The quantitative estimate of drug-likeness (QED) is 0.279. The SMILES string of the molecule is CC(C)(C)OC(=O)N1CCN(Cc2cc(=O)c(OCCCCCOc3ccnc4cc([Si])ccc34)co2)CC1. The molecule has 1 aliphatic heterocycles. The van der Waals surface area contributed by atoms with Gasteiger partial charge in [-0.1, -0.05) is 11.3 Å². The fraction of sp³-hybridized carbons (Fsp3) is 0.483. The molecule has 9 nitrogen and oxygen atoms in total. The highest BCUT2D eigenvalue weighted by Crippen LogP contribution is 2.23. The van der Waals surface area contributed by atoms with Crippen molar-refractivity contribution in [1.82, 2.24) is 14.8 Å². The molecule has 3 heterocycles. The summed E-state index contributed by atoms with van der Waals surface area (Å²) in [4.78, 5) is 33.0. The number of carbonyl (C=O) groups is 1. The van der Waals surface area contributed by atoms with Gasteiger partial charge in [-0.05, 0) is 58.2 Å². The number of fused-ring (bicyclic) bond motifs is 1. The number of hydrogen-bond donors (Lipinski definition) is 0. The van der Waals surface area contributed by atoms with E-state index in [0.29, 0.717) is 51.7 Å². The zero-order valence-electron chi connectivity index (χ0n) is 22.9. The van der Waals surface area contributed by atoms with Crippen molar-refractivity contribution in [2.75, 3.05) is 39.4 Å². The molecule has 3 aromatic rings. The Kier molecular flexibility index (Phi) is 9.63. The van der Waals surface area contributed by atoms with E-state index in [9.17, 15) is 9.59 Å². The number of benzene rings is 1. The van der Waals surface area contributed by atoms with Crippen LogP contribution in [-0.2, 0) is 11.3 Å². The maximum atomic E-state index is 12.5. The van der Waals surface area contributed by atoms with E-state index in [1.54, 1.807) is 11.1 Å². The monoisotopic (exact) mass is 550 g/mol. The Morgan fingerprint density at radius 2 is 1.72 bits per heavy atom. The molecular weight excluding hydrogens is 514 g/mol. The van der Waals surface area contributed by atoms with Crippen molar-refractivity contribution in [3.63, 3.8) is 0 Å². The van der Waals surface area contributed by atoms with E-state index >= 15 is 0 Å². The number of rotatable bonds is 10. The Bertz CT molecular complexity index is 1310. The first-order valence-corrected chi connectivity index (χ1v) is 13.9. The molecule has 0 atom stereocenters. The van der Waals surface area contributed by atoms with E-state index in [1.165, 1.54) is 12.3 Å². The van der Waals surface area contributed by atoms with Crippen LogP contribution < -0.4 is 20.1 Å². The second kappa shape index (κ2) is 13.1. The predicted octanol–water partition coefficient (Wildman–Crippen LogP) is 3.66. The molecule has 207 valence electrons. The van der Waals surface area contributed by atoms with Crippen molar-refractivity contribution in [3.05, 3.63) is 58.8 Å². The molecule has 3 radical (unpaired) electrons. The summed E-state index contributed by atoms with van der Waals surface area (Å²) in [7, 11) is 3.52. The number of carbonyl (C=O) groups excluding carboxylic acids is 1. The summed E-state index contributed by atoms with van der Waals surface area (Å²) >= 11 is 0. The Morgan fingerprint density at radius 3 is 2.41 bits per heavy atom. The van der Waals surface area contributed by atoms with Crippen LogP contribution in [0.2, 0.25) is 0 Å². The molecule has 0 aliphatic carbocycles. The summed E-state index contributed by atoms with van der Waals surface area (Å²) in [6, 6.07) is 9.31. The second-order valence-electron chi connectivity index (χ2n) is 10.6. The van der Waals surface area contributed by atoms with Gasteiger partial charge in [-0.15, -0.1) is 0 Å². The number of amides is 1. The first kappa shape index (κ1) is 28.6. The van der Waals surface area contributed by atoms with Crippen LogP contribution >= 0.6 is 0 Å². The molecule has 0 bridgehead atoms. The van der Waals surface area contributed by atoms with Gasteiger partial charge in [0.2, 0.25) is 11.2 Å². The van der Waals surface area contributed by atoms with Gasteiger partial charge in [-0.3, -0.25) is 14.7 Å². The van der Waals surface area contributed by atoms with Crippen LogP contribution in [0.25, 0.3) is 10.9 Å². The van der Waals surface area contributed by atoms with Gasteiger partial charge in [-0.25, -0.2) is 4.79 Å². The van der Waals surface area contributed by atoms with Gasteiger partial charge in [0.05, 0.1) is 35.5 Å². The van der Waals surface area contributed by atoms with Gasteiger partial charge in [0.1, 0.15) is 23.4 Å². The molecule has 0 N–H and O–H groups in total. The van der Waals surface area contributed by atoms with Gasteiger partial charge in [0, 0.05) is 43.8 Å². The lowest BCUT2D eigenvalue weighted by Crippen LogP contribution is -2.49. The first-order chi connectivity index (χ1) is 18.7. The largest absolute Gasteiger partial charge is 0.493 e.